The number of rotatable bonds is 3. The van der Waals surface area contributed by atoms with Gasteiger partial charge in [0.05, 0.1) is 0 Å². The lowest BCUT2D eigenvalue weighted by Crippen LogP contribution is -2.70. The summed E-state index contributed by atoms with van der Waals surface area (Å²) in [6.45, 7) is 11.5. The summed E-state index contributed by atoms with van der Waals surface area (Å²) in [6, 6.07) is -0.285. The van der Waals surface area contributed by atoms with E-state index in [1.165, 1.54) is 0 Å². The predicted octanol–water partition coefficient (Wildman–Crippen LogP) is 1.55. The van der Waals surface area contributed by atoms with Gasteiger partial charge in [0, 0.05) is 6.04 Å². The molecule has 0 aromatic heterocycles. The molecule has 1 N–H and O–H groups in total. The summed E-state index contributed by atoms with van der Waals surface area (Å²) in [6.07, 6.45) is 0.884. The first-order valence-electron chi connectivity index (χ1n) is 6.37. The Hall–Kier alpha value is -1.06. The number of amides is 2. The van der Waals surface area contributed by atoms with Crippen LogP contribution < -0.4 is 5.32 Å². The normalized spacial score (nSPS) is 26.1. The van der Waals surface area contributed by atoms with Gasteiger partial charge in [-0.15, -0.1) is 0 Å². The van der Waals surface area contributed by atoms with Gasteiger partial charge in [-0.1, -0.05) is 20.3 Å². The SMILES string of the molecule is CCC(C)C1C(=O)NC(C)(C)C(=O)N1C(C)C. The second kappa shape index (κ2) is 4.67. The number of hydrogen-bond donors (Lipinski definition) is 1. The minimum absolute atomic E-state index is 0.0115. The second-order valence-electron chi connectivity index (χ2n) is 5.75. The van der Waals surface area contributed by atoms with Crippen LogP contribution in [0.1, 0.15) is 48.0 Å². The first-order valence-corrected chi connectivity index (χ1v) is 6.37. The quantitative estimate of drug-likeness (QED) is 0.813. The van der Waals surface area contributed by atoms with E-state index in [1.807, 2.05) is 27.7 Å². The fourth-order valence-electron chi connectivity index (χ4n) is 2.32. The highest BCUT2D eigenvalue weighted by Gasteiger charge is 2.47. The Morgan fingerprint density at radius 2 is 1.82 bits per heavy atom. The summed E-state index contributed by atoms with van der Waals surface area (Å²) in [5, 5.41) is 2.83. The van der Waals surface area contributed by atoms with Crippen molar-refractivity contribution in [2.24, 2.45) is 5.92 Å². The lowest BCUT2D eigenvalue weighted by atomic mass is 9.88. The van der Waals surface area contributed by atoms with Crippen LogP contribution in [-0.2, 0) is 9.59 Å². The van der Waals surface area contributed by atoms with E-state index in [1.54, 1.807) is 18.7 Å². The molecular weight excluding hydrogens is 216 g/mol. The van der Waals surface area contributed by atoms with Crippen molar-refractivity contribution in [3.8, 4) is 0 Å². The Bertz CT molecular complexity index is 323. The highest BCUT2D eigenvalue weighted by molar-refractivity contribution is 5.99. The molecule has 0 spiro atoms. The Labute approximate surface area is 104 Å². The number of nitrogens with one attached hydrogen (secondary N) is 1. The molecule has 1 heterocycles. The summed E-state index contributed by atoms with van der Waals surface area (Å²) < 4.78 is 0. The number of carbonyl (C=O) groups is 2. The Kier molecular flexibility index (Phi) is 3.84. The van der Waals surface area contributed by atoms with Gasteiger partial charge in [0.1, 0.15) is 11.6 Å². The summed E-state index contributed by atoms with van der Waals surface area (Å²) in [5.74, 6) is 0.160. The fourth-order valence-corrected chi connectivity index (χ4v) is 2.32. The molecule has 0 saturated carbocycles. The standard InChI is InChI=1S/C13H24N2O2/c1-7-9(4)10-11(16)14-13(5,6)12(17)15(10)8(2)3/h8-10H,7H2,1-6H3,(H,14,16). The van der Waals surface area contributed by atoms with Gasteiger partial charge in [-0.3, -0.25) is 9.59 Å². The van der Waals surface area contributed by atoms with E-state index in [2.05, 4.69) is 5.32 Å². The maximum Gasteiger partial charge on any atom is 0.248 e. The van der Waals surface area contributed by atoms with Crippen LogP contribution in [-0.4, -0.2) is 34.3 Å². The summed E-state index contributed by atoms with van der Waals surface area (Å²) >= 11 is 0. The molecule has 2 atom stereocenters. The van der Waals surface area contributed by atoms with Crippen molar-refractivity contribution >= 4 is 11.8 Å². The van der Waals surface area contributed by atoms with Crippen molar-refractivity contribution in [2.75, 3.05) is 0 Å². The summed E-state index contributed by atoms with van der Waals surface area (Å²) in [4.78, 5) is 26.3. The van der Waals surface area contributed by atoms with Crippen LogP contribution in [0, 0.1) is 5.92 Å². The number of nitrogens with zero attached hydrogens (tertiary/aromatic N) is 1. The molecule has 1 rings (SSSR count). The van der Waals surface area contributed by atoms with E-state index in [0.717, 1.165) is 6.42 Å². The minimum Gasteiger partial charge on any atom is -0.340 e. The van der Waals surface area contributed by atoms with Gasteiger partial charge in [0.2, 0.25) is 11.8 Å². The molecule has 17 heavy (non-hydrogen) atoms. The summed E-state index contributed by atoms with van der Waals surface area (Å²) in [7, 11) is 0. The molecule has 1 saturated heterocycles. The predicted molar refractivity (Wildman–Crippen MR) is 67.4 cm³/mol. The van der Waals surface area contributed by atoms with Crippen LogP contribution in [0.15, 0.2) is 0 Å². The zero-order valence-electron chi connectivity index (χ0n) is 11.7. The lowest BCUT2D eigenvalue weighted by molar-refractivity contribution is -0.157. The first kappa shape index (κ1) is 14.0. The molecule has 98 valence electrons. The van der Waals surface area contributed by atoms with Crippen LogP contribution in [0.2, 0.25) is 0 Å². The van der Waals surface area contributed by atoms with Crippen molar-refractivity contribution in [2.45, 2.75) is 65.6 Å². The first-order chi connectivity index (χ1) is 7.72. The molecule has 2 amide bonds. The highest BCUT2D eigenvalue weighted by atomic mass is 16.2. The van der Waals surface area contributed by atoms with Crippen LogP contribution in [0.25, 0.3) is 0 Å². The molecule has 2 unspecified atom stereocenters. The molecule has 0 aromatic carbocycles. The van der Waals surface area contributed by atoms with Crippen molar-refractivity contribution in [3.63, 3.8) is 0 Å². The maximum absolute atomic E-state index is 12.4. The molecule has 1 fully saturated rings. The van der Waals surface area contributed by atoms with Gasteiger partial charge in [0.15, 0.2) is 0 Å². The monoisotopic (exact) mass is 240 g/mol. The van der Waals surface area contributed by atoms with E-state index in [-0.39, 0.29) is 29.8 Å². The van der Waals surface area contributed by atoms with Crippen molar-refractivity contribution in [1.82, 2.24) is 10.2 Å². The van der Waals surface area contributed by atoms with Crippen molar-refractivity contribution < 1.29 is 9.59 Å². The Balaban J connectivity index is 3.12. The number of hydrogen-bond acceptors (Lipinski definition) is 2. The third kappa shape index (κ3) is 2.45. The van der Waals surface area contributed by atoms with Crippen LogP contribution in [0.3, 0.4) is 0 Å². The third-order valence-corrected chi connectivity index (χ3v) is 3.51. The number of carbonyl (C=O) groups excluding carboxylic acids is 2. The molecule has 1 aliphatic rings. The molecule has 4 nitrogen and oxygen atoms in total. The molecule has 0 radical (unpaired) electrons. The zero-order chi connectivity index (χ0) is 13.4. The van der Waals surface area contributed by atoms with E-state index >= 15 is 0 Å². The second-order valence-corrected chi connectivity index (χ2v) is 5.75. The molecule has 1 aliphatic heterocycles. The zero-order valence-corrected chi connectivity index (χ0v) is 11.7. The van der Waals surface area contributed by atoms with Gasteiger partial charge in [-0.05, 0) is 33.6 Å². The van der Waals surface area contributed by atoms with Crippen molar-refractivity contribution in [1.29, 1.82) is 0 Å². The molecule has 0 aliphatic carbocycles. The lowest BCUT2D eigenvalue weighted by Gasteiger charge is -2.46. The van der Waals surface area contributed by atoms with E-state index in [9.17, 15) is 9.59 Å². The van der Waals surface area contributed by atoms with Crippen LogP contribution in [0.5, 0.6) is 0 Å². The molecule has 0 aromatic rings. The topological polar surface area (TPSA) is 49.4 Å². The van der Waals surface area contributed by atoms with E-state index in [0.29, 0.717) is 0 Å². The molecular formula is C13H24N2O2. The largest absolute Gasteiger partial charge is 0.340 e. The minimum atomic E-state index is -0.786. The Morgan fingerprint density at radius 1 is 1.29 bits per heavy atom. The van der Waals surface area contributed by atoms with Gasteiger partial charge in [-0.25, -0.2) is 0 Å². The number of piperazine rings is 1. The maximum atomic E-state index is 12.4. The molecule has 0 bridgehead atoms. The van der Waals surface area contributed by atoms with Gasteiger partial charge in [-0.2, -0.15) is 0 Å². The van der Waals surface area contributed by atoms with Crippen LogP contribution >= 0.6 is 0 Å². The van der Waals surface area contributed by atoms with E-state index < -0.39 is 5.54 Å². The van der Waals surface area contributed by atoms with Crippen molar-refractivity contribution in [3.05, 3.63) is 0 Å². The smallest absolute Gasteiger partial charge is 0.248 e. The average Bonchev–Trinajstić information content (AvgIpc) is 2.20. The van der Waals surface area contributed by atoms with Crippen LogP contribution in [0.4, 0.5) is 0 Å². The van der Waals surface area contributed by atoms with Gasteiger partial charge in [0.25, 0.3) is 0 Å². The summed E-state index contributed by atoms with van der Waals surface area (Å²) in [5.41, 5.74) is -0.786. The molecule has 4 heteroatoms. The van der Waals surface area contributed by atoms with E-state index in [4.69, 9.17) is 0 Å². The average molecular weight is 240 g/mol. The van der Waals surface area contributed by atoms with Gasteiger partial charge < -0.3 is 10.2 Å². The highest BCUT2D eigenvalue weighted by Crippen LogP contribution is 2.26. The van der Waals surface area contributed by atoms with Gasteiger partial charge >= 0.3 is 0 Å². The Morgan fingerprint density at radius 3 is 2.24 bits per heavy atom. The third-order valence-electron chi connectivity index (χ3n) is 3.51. The fraction of sp³-hybridized carbons (Fsp3) is 0.846.